The first-order valence-corrected chi connectivity index (χ1v) is 8.38. The van der Waals surface area contributed by atoms with Gasteiger partial charge in [0, 0.05) is 22.7 Å². The molecule has 2 aromatic heterocycles. The summed E-state index contributed by atoms with van der Waals surface area (Å²) in [6.07, 6.45) is 2.40. The fraction of sp³-hybridized carbons (Fsp3) is 0.222. The molecule has 0 radical (unpaired) electrons. The molecule has 3 aromatic rings. The normalized spacial score (nSPS) is 10.8. The Morgan fingerprint density at radius 2 is 2.12 bits per heavy atom. The van der Waals surface area contributed by atoms with Crippen LogP contribution < -0.4 is 4.74 Å². The summed E-state index contributed by atoms with van der Waals surface area (Å²) in [7, 11) is 1.63. The summed E-state index contributed by atoms with van der Waals surface area (Å²) in [6.45, 7) is 2.09. The van der Waals surface area contributed by atoms with E-state index in [1.807, 2.05) is 47.0 Å². The van der Waals surface area contributed by atoms with E-state index in [9.17, 15) is 4.79 Å². The predicted octanol–water partition coefficient (Wildman–Crippen LogP) is 3.87. The van der Waals surface area contributed by atoms with Gasteiger partial charge < -0.3 is 13.9 Å². The molecule has 2 heterocycles. The first-order valence-electron chi connectivity index (χ1n) is 7.59. The van der Waals surface area contributed by atoms with Crippen molar-refractivity contribution in [1.82, 2.24) is 9.38 Å². The van der Waals surface area contributed by atoms with Crippen molar-refractivity contribution >= 4 is 27.5 Å². The quantitative estimate of drug-likeness (QED) is 0.622. The van der Waals surface area contributed by atoms with Crippen LogP contribution in [0.5, 0.6) is 5.75 Å². The molecule has 0 bridgehead atoms. The molecule has 6 heteroatoms. The van der Waals surface area contributed by atoms with E-state index in [4.69, 9.17) is 9.47 Å². The second kappa shape index (κ2) is 7.05. The molecule has 0 aliphatic carbocycles. The highest BCUT2D eigenvalue weighted by molar-refractivity contribution is 9.10. The molecule has 0 amide bonds. The number of halogens is 1. The number of pyridine rings is 1. The van der Waals surface area contributed by atoms with Crippen LogP contribution in [0.25, 0.3) is 5.65 Å². The van der Waals surface area contributed by atoms with Gasteiger partial charge >= 0.3 is 5.97 Å². The van der Waals surface area contributed by atoms with Gasteiger partial charge in [-0.15, -0.1) is 0 Å². The zero-order valence-corrected chi connectivity index (χ0v) is 15.0. The number of carbonyl (C=O) groups excluding carboxylic acids is 1. The number of rotatable bonds is 5. The van der Waals surface area contributed by atoms with Crippen molar-refractivity contribution in [1.29, 1.82) is 0 Å². The summed E-state index contributed by atoms with van der Waals surface area (Å²) < 4.78 is 13.5. The maximum Gasteiger partial charge on any atom is 0.358 e. The van der Waals surface area contributed by atoms with Crippen LogP contribution in [0.1, 0.15) is 28.7 Å². The standard InChI is InChI=1S/C18H17BrN2O3/c1-3-24-18(22)17-14(21-9-5-4-6-16(21)20-17)11-12-10-13(19)7-8-15(12)23-2/h4-10H,3,11H2,1-2H3. The van der Waals surface area contributed by atoms with Gasteiger partial charge in [0.15, 0.2) is 5.69 Å². The lowest BCUT2D eigenvalue weighted by molar-refractivity contribution is 0.0519. The van der Waals surface area contributed by atoms with Gasteiger partial charge in [-0.05, 0) is 37.3 Å². The Labute approximate surface area is 148 Å². The molecule has 124 valence electrons. The van der Waals surface area contributed by atoms with Crippen molar-refractivity contribution < 1.29 is 14.3 Å². The summed E-state index contributed by atoms with van der Waals surface area (Å²) in [4.78, 5) is 16.7. The topological polar surface area (TPSA) is 52.8 Å². The molecule has 0 aliphatic heterocycles. The molecule has 5 nitrogen and oxygen atoms in total. The summed E-state index contributed by atoms with van der Waals surface area (Å²) in [5, 5.41) is 0. The highest BCUT2D eigenvalue weighted by Crippen LogP contribution is 2.27. The molecule has 0 aliphatic rings. The van der Waals surface area contributed by atoms with Gasteiger partial charge in [0.1, 0.15) is 11.4 Å². The number of imidazole rings is 1. The van der Waals surface area contributed by atoms with Crippen LogP contribution >= 0.6 is 15.9 Å². The Morgan fingerprint density at radius 1 is 1.29 bits per heavy atom. The van der Waals surface area contributed by atoms with Gasteiger partial charge in [-0.2, -0.15) is 0 Å². The number of aromatic nitrogens is 2. The zero-order valence-electron chi connectivity index (χ0n) is 13.5. The van der Waals surface area contributed by atoms with E-state index < -0.39 is 5.97 Å². The Morgan fingerprint density at radius 3 is 2.88 bits per heavy atom. The van der Waals surface area contributed by atoms with E-state index in [0.29, 0.717) is 24.4 Å². The lowest BCUT2D eigenvalue weighted by Gasteiger charge is -2.10. The van der Waals surface area contributed by atoms with Crippen molar-refractivity contribution in [2.45, 2.75) is 13.3 Å². The third-order valence-electron chi connectivity index (χ3n) is 3.70. The Hall–Kier alpha value is -2.34. The lowest BCUT2D eigenvalue weighted by Crippen LogP contribution is -2.09. The third kappa shape index (κ3) is 3.14. The monoisotopic (exact) mass is 388 g/mol. The van der Waals surface area contributed by atoms with Gasteiger partial charge in [0.05, 0.1) is 19.4 Å². The summed E-state index contributed by atoms with van der Waals surface area (Å²) >= 11 is 3.48. The molecule has 0 fully saturated rings. The van der Waals surface area contributed by atoms with Gasteiger partial charge in [-0.25, -0.2) is 9.78 Å². The molecule has 0 spiro atoms. The fourth-order valence-corrected chi connectivity index (χ4v) is 3.05. The van der Waals surface area contributed by atoms with Gasteiger partial charge in [-0.3, -0.25) is 0 Å². The molecule has 0 atom stereocenters. The van der Waals surface area contributed by atoms with E-state index >= 15 is 0 Å². The SMILES string of the molecule is CCOC(=O)c1nc2ccccn2c1Cc1cc(Br)ccc1OC. The van der Waals surface area contributed by atoms with Crippen LogP contribution in [-0.2, 0) is 11.2 Å². The highest BCUT2D eigenvalue weighted by Gasteiger charge is 2.21. The average Bonchev–Trinajstić information content (AvgIpc) is 2.94. The molecule has 0 N–H and O–H groups in total. The third-order valence-corrected chi connectivity index (χ3v) is 4.19. The number of hydrogen-bond acceptors (Lipinski definition) is 4. The van der Waals surface area contributed by atoms with E-state index in [-0.39, 0.29) is 0 Å². The van der Waals surface area contributed by atoms with Crippen molar-refractivity contribution in [3.63, 3.8) is 0 Å². The van der Waals surface area contributed by atoms with Gasteiger partial charge in [0.2, 0.25) is 0 Å². The first-order chi connectivity index (χ1) is 11.6. The van der Waals surface area contributed by atoms with E-state index in [0.717, 1.165) is 21.5 Å². The van der Waals surface area contributed by atoms with Crippen LogP contribution in [0.2, 0.25) is 0 Å². The molecule has 1 aromatic carbocycles. The van der Waals surface area contributed by atoms with E-state index in [2.05, 4.69) is 20.9 Å². The minimum atomic E-state index is -0.412. The first kappa shape index (κ1) is 16.5. The molecule has 0 saturated carbocycles. The van der Waals surface area contributed by atoms with Crippen molar-refractivity contribution in [2.75, 3.05) is 13.7 Å². The van der Waals surface area contributed by atoms with Crippen LogP contribution in [0.3, 0.4) is 0 Å². The number of nitrogens with zero attached hydrogens (tertiary/aromatic N) is 2. The van der Waals surface area contributed by atoms with Crippen LogP contribution in [-0.4, -0.2) is 29.1 Å². The van der Waals surface area contributed by atoms with Gasteiger partial charge in [-0.1, -0.05) is 22.0 Å². The van der Waals surface area contributed by atoms with Crippen LogP contribution in [0.15, 0.2) is 47.1 Å². The fourth-order valence-electron chi connectivity index (χ4n) is 2.64. The maximum atomic E-state index is 12.3. The number of hydrogen-bond donors (Lipinski definition) is 0. The second-order valence-electron chi connectivity index (χ2n) is 5.19. The van der Waals surface area contributed by atoms with Crippen LogP contribution in [0.4, 0.5) is 0 Å². The number of fused-ring (bicyclic) bond motifs is 1. The highest BCUT2D eigenvalue weighted by atomic mass is 79.9. The number of ether oxygens (including phenoxy) is 2. The largest absolute Gasteiger partial charge is 0.496 e. The second-order valence-corrected chi connectivity index (χ2v) is 6.11. The van der Waals surface area contributed by atoms with Crippen molar-refractivity contribution in [3.8, 4) is 5.75 Å². The molecule has 3 rings (SSSR count). The molecular weight excluding hydrogens is 372 g/mol. The Kier molecular flexibility index (Phi) is 4.85. The van der Waals surface area contributed by atoms with Crippen LogP contribution in [0, 0.1) is 0 Å². The summed E-state index contributed by atoms with van der Waals surface area (Å²) in [6, 6.07) is 11.5. The average molecular weight is 389 g/mol. The lowest BCUT2D eigenvalue weighted by atomic mass is 10.1. The predicted molar refractivity (Wildman–Crippen MR) is 94.6 cm³/mol. The van der Waals surface area contributed by atoms with Gasteiger partial charge in [0.25, 0.3) is 0 Å². The van der Waals surface area contributed by atoms with Crippen molar-refractivity contribution in [2.24, 2.45) is 0 Å². The number of benzene rings is 1. The van der Waals surface area contributed by atoms with Crippen molar-refractivity contribution in [3.05, 3.63) is 64.0 Å². The number of carbonyl (C=O) groups is 1. The molecule has 0 unspecified atom stereocenters. The smallest absolute Gasteiger partial charge is 0.358 e. The summed E-state index contributed by atoms with van der Waals surface area (Å²) in [5.41, 5.74) is 2.79. The van der Waals surface area contributed by atoms with E-state index in [1.54, 1.807) is 14.0 Å². The van der Waals surface area contributed by atoms with E-state index in [1.165, 1.54) is 0 Å². The number of methoxy groups -OCH3 is 1. The number of esters is 1. The molecular formula is C18H17BrN2O3. The minimum Gasteiger partial charge on any atom is -0.496 e. The zero-order chi connectivity index (χ0) is 17.1. The Balaban J connectivity index is 2.12. The Bertz CT molecular complexity index is 889. The maximum absolute atomic E-state index is 12.3. The summed E-state index contributed by atoms with van der Waals surface area (Å²) in [5.74, 6) is 0.351. The molecule has 0 saturated heterocycles. The molecule has 24 heavy (non-hydrogen) atoms. The minimum absolute atomic E-state index is 0.312.